The van der Waals surface area contributed by atoms with Crippen LogP contribution in [0.2, 0.25) is 0 Å². The quantitative estimate of drug-likeness (QED) is 0.814. The first-order valence-corrected chi connectivity index (χ1v) is 8.02. The van der Waals surface area contributed by atoms with E-state index in [0.29, 0.717) is 0 Å². The van der Waals surface area contributed by atoms with Crippen molar-refractivity contribution in [1.29, 1.82) is 0 Å². The number of nitrogens with one attached hydrogen (secondary N) is 1. The van der Waals surface area contributed by atoms with Gasteiger partial charge in [0.25, 0.3) is 0 Å². The summed E-state index contributed by atoms with van der Waals surface area (Å²) in [7, 11) is -3.74. The number of carbonyl (C=O) groups excluding carboxylic acids is 1. The van der Waals surface area contributed by atoms with Gasteiger partial charge in [-0.05, 0) is 31.9 Å². The van der Waals surface area contributed by atoms with Gasteiger partial charge in [-0.25, -0.2) is 8.42 Å². The van der Waals surface area contributed by atoms with Gasteiger partial charge in [0, 0.05) is 0 Å². The molecule has 0 heterocycles. The number of sulfonamides is 1. The van der Waals surface area contributed by atoms with Crippen LogP contribution in [0, 0.1) is 12.8 Å². The highest BCUT2D eigenvalue weighted by Crippen LogP contribution is 2.13. The maximum absolute atomic E-state index is 12.2. The number of ether oxygens (including phenoxy) is 1. The summed E-state index contributed by atoms with van der Waals surface area (Å²) in [4.78, 5) is 11.9. The van der Waals surface area contributed by atoms with E-state index in [0.717, 1.165) is 5.56 Å². The first kappa shape index (κ1) is 16.7. The van der Waals surface area contributed by atoms with Crippen molar-refractivity contribution in [2.45, 2.75) is 38.6 Å². The minimum absolute atomic E-state index is 0.137. The third-order valence-corrected chi connectivity index (χ3v) is 4.28. The molecule has 112 valence electrons. The Hall–Kier alpha value is -1.40. The van der Waals surface area contributed by atoms with Crippen LogP contribution >= 0.6 is 0 Å². The number of esters is 1. The maximum atomic E-state index is 12.2. The summed E-state index contributed by atoms with van der Waals surface area (Å²) in [6, 6.07) is 5.56. The molecule has 0 bridgehead atoms. The zero-order chi connectivity index (χ0) is 15.3. The Morgan fingerprint density at radius 1 is 1.25 bits per heavy atom. The second kappa shape index (κ2) is 6.85. The lowest BCUT2D eigenvalue weighted by Crippen LogP contribution is -2.45. The second-order valence-corrected chi connectivity index (χ2v) is 6.62. The number of benzene rings is 1. The highest BCUT2D eigenvalue weighted by Gasteiger charge is 2.29. The molecule has 1 rings (SSSR count). The van der Waals surface area contributed by atoms with Gasteiger partial charge in [-0.3, -0.25) is 4.79 Å². The molecular formula is C14H21NO4S. The van der Waals surface area contributed by atoms with Crippen LogP contribution in [0.15, 0.2) is 29.2 Å². The van der Waals surface area contributed by atoms with Gasteiger partial charge >= 0.3 is 5.97 Å². The van der Waals surface area contributed by atoms with Crippen LogP contribution in [0.5, 0.6) is 0 Å². The summed E-state index contributed by atoms with van der Waals surface area (Å²) in [5, 5.41) is 0. The largest absolute Gasteiger partial charge is 0.465 e. The van der Waals surface area contributed by atoms with Crippen molar-refractivity contribution in [3.05, 3.63) is 29.8 Å². The van der Waals surface area contributed by atoms with Crippen LogP contribution in [0.3, 0.4) is 0 Å². The Labute approximate surface area is 120 Å². The van der Waals surface area contributed by atoms with E-state index in [1.165, 1.54) is 12.1 Å². The average Bonchev–Trinajstić information content (AvgIpc) is 2.36. The van der Waals surface area contributed by atoms with Crippen LogP contribution in [0.4, 0.5) is 0 Å². The molecule has 6 heteroatoms. The number of hydrogen-bond acceptors (Lipinski definition) is 4. The van der Waals surface area contributed by atoms with Gasteiger partial charge in [0.2, 0.25) is 10.0 Å². The highest BCUT2D eigenvalue weighted by molar-refractivity contribution is 7.89. The van der Waals surface area contributed by atoms with Crippen molar-refractivity contribution in [2.75, 3.05) is 6.61 Å². The van der Waals surface area contributed by atoms with Crippen molar-refractivity contribution in [1.82, 2.24) is 4.72 Å². The van der Waals surface area contributed by atoms with Crippen molar-refractivity contribution in [3.8, 4) is 0 Å². The molecule has 0 aliphatic carbocycles. The minimum Gasteiger partial charge on any atom is -0.465 e. The van der Waals surface area contributed by atoms with E-state index in [4.69, 9.17) is 4.74 Å². The second-order valence-electron chi connectivity index (χ2n) is 4.91. The van der Waals surface area contributed by atoms with Gasteiger partial charge < -0.3 is 4.74 Å². The number of rotatable bonds is 6. The molecule has 20 heavy (non-hydrogen) atoms. The monoisotopic (exact) mass is 299 g/mol. The minimum atomic E-state index is -3.74. The number of aryl methyl sites for hydroxylation is 1. The average molecular weight is 299 g/mol. The molecule has 0 spiro atoms. The molecule has 1 aromatic carbocycles. The van der Waals surface area contributed by atoms with Gasteiger partial charge in [-0.1, -0.05) is 31.5 Å². The normalized spacial score (nSPS) is 13.2. The topological polar surface area (TPSA) is 72.5 Å². The Bertz CT molecular complexity index is 549. The SMILES string of the molecule is CCOC(=O)[C@@H](NS(=O)(=O)c1ccc(C)cc1)C(C)C. The number of carbonyl (C=O) groups is 1. The van der Waals surface area contributed by atoms with Gasteiger partial charge in [0.1, 0.15) is 6.04 Å². The zero-order valence-corrected chi connectivity index (χ0v) is 13.0. The first-order valence-electron chi connectivity index (χ1n) is 6.53. The molecule has 0 saturated heterocycles. The van der Waals surface area contributed by atoms with Crippen LogP contribution in [-0.4, -0.2) is 27.0 Å². The first-order chi connectivity index (χ1) is 9.27. The lowest BCUT2D eigenvalue weighted by Gasteiger charge is -2.20. The van der Waals surface area contributed by atoms with E-state index < -0.39 is 22.0 Å². The van der Waals surface area contributed by atoms with Crippen LogP contribution in [0.1, 0.15) is 26.3 Å². The molecular weight excluding hydrogens is 278 g/mol. The summed E-state index contributed by atoms with van der Waals surface area (Å²) in [5.41, 5.74) is 0.967. The molecule has 0 unspecified atom stereocenters. The summed E-state index contributed by atoms with van der Waals surface area (Å²) in [6.45, 7) is 7.30. The van der Waals surface area contributed by atoms with Gasteiger partial charge in [0.15, 0.2) is 0 Å². The molecule has 5 nitrogen and oxygen atoms in total. The third-order valence-electron chi connectivity index (χ3n) is 2.82. The highest BCUT2D eigenvalue weighted by atomic mass is 32.2. The standard InChI is InChI=1S/C14H21NO4S/c1-5-19-14(16)13(10(2)3)15-20(17,18)12-8-6-11(4)7-9-12/h6-10,13,15H,5H2,1-4H3/t13-/m0/s1. The fraction of sp³-hybridized carbons (Fsp3) is 0.500. The van der Waals surface area contributed by atoms with Gasteiger partial charge in [-0.2, -0.15) is 4.72 Å². The molecule has 0 saturated carbocycles. The third kappa shape index (κ3) is 4.31. The Balaban J connectivity index is 2.97. The predicted octanol–water partition coefficient (Wildman–Crippen LogP) is 1.86. The van der Waals surface area contributed by atoms with Gasteiger partial charge in [-0.15, -0.1) is 0 Å². The van der Waals surface area contributed by atoms with E-state index >= 15 is 0 Å². The fourth-order valence-electron chi connectivity index (χ4n) is 1.64. The predicted molar refractivity (Wildman–Crippen MR) is 76.8 cm³/mol. The van der Waals surface area contributed by atoms with Crippen molar-refractivity contribution in [3.63, 3.8) is 0 Å². The number of hydrogen-bond donors (Lipinski definition) is 1. The maximum Gasteiger partial charge on any atom is 0.324 e. The van der Waals surface area contributed by atoms with E-state index in [1.807, 2.05) is 6.92 Å². The van der Waals surface area contributed by atoms with Crippen molar-refractivity contribution < 1.29 is 17.9 Å². The van der Waals surface area contributed by atoms with Crippen molar-refractivity contribution >= 4 is 16.0 Å². The molecule has 0 radical (unpaired) electrons. The molecule has 1 atom stereocenters. The van der Waals surface area contributed by atoms with E-state index in [1.54, 1.807) is 32.9 Å². The zero-order valence-electron chi connectivity index (χ0n) is 12.2. The molecule has 0 fully saturated rings. The van der Waals surface area contributed by atoms with Crippen LogP contribution < -0.4 is 4.72 Å². The summed E-state index contributed by atoms with van der Waals surface area (Å²) < 4.78 is 31.8. The molecule has 0 aliphatic heterocycles. The van der Waals surface area contributed by atoms with E-state index in [-0.39, 0.29) is 17.4 Å². The molecule has 0 aromatic heterocycles. The lowest BCUT2D eigenvalue weighted by molar-refractivity contribution is -0.146. The molecule has 1 aromatic rings. The smallest absolute Gasteiger partial charge is 0.324 e. The Kier molecular flexibility index (Phi) is 5.71. The molecule has 0 amide bonds. The Morgan fingerprint density at radius 2 is 1.80 bits per heavy atom. The lowest BCUT2D eigenvalue weighted by atomic mass is 10.1. The van der Waals surface area contributed by atoms with Crippen LogP contribution in [0.25, 0.3) is 0 Å². The molecule has 0 aliphatic rings. The van der Waals surface area contributed by atoms with Crippen LogP contribution in [-0.2, 0) is 19.6 Å². The summed E-state index contributed by atoms with van der Waals surface area (Å²) in [6.07, 6.45) is 0. The Morgan fingerprint density at radius 3 is 2.25 bits per heavy atom. The summed E-state index contributed by atoms with van der Waals surface area (Å²) in [5.74, 6) is -0.757. The van der Waals surface area contributed by atoms with E-state index in [9.17, 15) is 13.2 Å². The van der Waals surface area contributed by atoms with Gasteiger partial charge in [0.05, 0.1) is 11.5 Å². The van der Waals surface area contributed by atoms with E-state index in [2.05, 4.69) is 4.72 Å². The summed E-state index contributed by atoms with van der Waals surface area (Å²) >= 11 is 0. The molecule has 1 N–H and O–H groups in total. The van der Waals surface area contributed by atoms with Crippen molar-refractivity contribution in [2.24, 2.45) is 5.92 Å². The fourth-order valence-corrected chi connectivity index (χ4v) is 2.97.